The Morgan fingerprint density at radius 1 is 1.10 bits per heavy atom. The Morgan fingerprint density at radius 3 is 2.20 bits per heavy atom. The molecule has 1 saturated heterocycles. The first-order valence-corrected chi connectivity index (χ1v) is 9.44. The molecule has 1 fully saturated rings. The zero-order chi connectivity index (χ0) is 22.7. The van der Waals surface area contributed by atoms with Gasteiger partial charge in [-0.05, 0) is 33.8 Å². The average Bonchev–Trinajstić information content (AvgIpc) is 2.60. The molecule has 0 unspecified atom stereocenters. The lowest BCUT2D eigenvalue weighted by molar-refractivity contribution is -0.153. The van der Waals surface area contributed by atoms with Gasteiger partial charge in [-0.2, -0.15) is 13.2 Å². The fourth-order valence-corrected chi connectivity index (χ4v) is 2.84. The van der Waals surface area contributed by atoms with E-state index in [9.17, 15) is 27.2 Å². The van der Waals surface area contributed by atoms with Crippen molar-refractivity contribution in [2.45, 2.75) is 58.4 Å². The first-order valence-electron chi connectivity index (χ1n) is 9.44. The van der Waals surface area contributed by atoms with Gasteiger partial charge in [-0.3, -0.25) is 4.79 Å². The molecule has 1 heterocycles. The standard InChI is InChI=1S/C20H25F4NO5/c1-12(26)14-9-15(21)17(10-16(14)28-11-20(22,23)24)29-13-5-7-25(8-6-13)18(27)30-19(2,3)4/h9-10,13H,5-8,11H2,1-4H3. The van der Waals surface area contributed by atoms with Crippen LogP contribution in [0.3, 0.4) is 0 Å². The van der Waals surface area contributed by atoms with Gasteiger partial charge in [0.15, 0.2) is 24.0 Å². The van der Waals surface area contributed by atoms with E-state index in [2.05, 4.69) is 4.74 Å². The van der Waals surface area contributed by atoms with Crippen molar-refractivity contribution in [3.63, 3.8) is 0 Å². The maximum atomic E-state index is 14.4. The van der Waals surface area contributed by atoms with Crippen LogP contribution in [0.2, 0.25) is 0 Å². The van der Waals surface area contributed by atoms with Crippen LogP contribution in [-0.2, 0) is 4.74 Å². The molecule has 168 valence electrons. The van der Waals surface area contributed by atoms with Crippen molar-refractivity contribution in [2.75, 3.05) is 19.7 Å². The van der Waals surface area contributed by atoms with Gasteiger partial charge in [-0.15, -0.1) is 0 Å². The highest BCUT2D eigenvalue weighted by Crippen LogP contribution is 2.32. The summed E-state index contributed by atoms with van der Waals surface area (Å²) in [6.45, 7) is 5.40. The molecule has 0 radical (unpaired) electrons. The van der Waals surface area contributed by atoms with E-state index in [0.717, 1.165) is 19.1 Å². The largest absolute Gasteiger partial charge is 0.487 e. The Balaban J connectivity index is 2.06. The Labute approximate surface area is 172 Å². The van der Waals surface area contributed by atoms with E-state index in [1.807, 2.05) is 0 Å². The summed E-state index contributed by atoms with van der Waals surface area (Å²) in [4.78, 5) is 25.2. The van der Waals surface area contributed by atoms with Gasteiger partial charge in [-0.1, -0.05) is 0 Å². The van der Waals surface area contributed by atoms with Crippen molar-refractivity contribution < 1.29 is 41.4 Å². The second-order valence-corrected chi connectivity index (χ2v) is 8.02. The number of nitrogens with zero attached hydrogens (tertiary/aromatic N) is 1. The van der Waals surface area contributed by atoms with Gasteiger partial charge in [0, 0.05) is 32.0 Å². The summed E-state index contributed by atoms with van der Waals surface area (Å²) in [7, 11) is 0. The van der Waals surface area contributed by atoms with Crippen LogP contribution < -0.4 is 9.47 Å². The van der Waals surface area contributed by atoms with Crippen molar-refractivity contribution in [3.8, 4) is 11.5 Å². The number of piperidine rings is 1. The van der Waals surface area contributed by atoms with Gasteiger partial charge in [-0.25, -0.2) is 9.18 Å². The van der Waals surface area contributed by atoms with Crippen LogP contribution in [0.1, 0.15) is 50.9 Å². The summed E-state index contributed by atoms with van der Waals surface area (Å²) in [5.74, 6) is -2.23. The van der Waals surface area contributed by atoms with Crippen LogP contribution >= 0.6 is 0 Å². The molecule has 2 rings (SSSR count). The Bertz CT molecular complexity index is 781. The van der Waals surface area contributed by atoms with Crippen molar-refractivity contribution >= 4 is 11.9 Å². The second kappa shape index (κ2) is 9.09. The zero-order valence-electron chi connectivity index (χ0n) is 17.3. The Hall–Kier alpha value is -2.52. The minimum Gasteiger partial charge on any atom is -0.487 e. The number of alkyl halides is 3. The van der Waals surface area contributed by atoms with Gasteiger partial charge < -0.3 is 19.1 Å². The third-order valence-corrected chi connectivity index (χ3v) is 4.19. The lowest BCUT2D eigenvalue weighted by atomic mass is 10.1. The first kappa shape index (κ1) is 23.8. The predicted molar refractivity (Wildman–Crippen MR) is 99.4 cm³/mol. The Kier molecular flexibility index (Phi) is 7.20. The lowest BCUT2D eigenvalue weighted by Crippen LogP contribution is -2.44. The minimum atomic E-state index is -4.61. The number of carbonyl (C=O) groups excluding carboxylic acids is 2. The summed E-state index contributed by atoms with van der Waals surface area (Å²) in [6.07, 6.45) is -4.77. The number of rotatable bonds is 5. The molecule has 1 aromatic carbocycles. The number of hydrogen-bond donors (Lipinski definition) is 0. The van der Waals surface area contributed by atoms with Crippen LogP contribution in [0.15, 0.2) is 12.1 Å². The number of halogens is 4. The summed E-state index contributed by atoms with van der Waals surface area (Å²) < 4.78 is 67.4. The number of amides is 1. The molecule has 6 nitrogen and oxygen atoms in total. The number of Topliss-reactive ketones (excluding diaryl/α,β-unsaturated/α-hetero) is 1. The third-order valence-electron chi connectivity index (χ3n) is 4.19. The van der Waals surface area contributed by atoms with E-state index in [1.54, 1.807) is 20.8 Å². The van der Waals surface area contributed by atoms with Gasteiger partial charge in [0.05, 0.1) is 5.56 Å². The van der Waals surface area contributed by atoms with Crippen LogP contribution in [0.25, 0.3) is 0 Å². The normalized spacial score (nSPS) is 15.7. The number of ketones is 1. The molecular formula is C20H25F4NO5. The minimum absolute atomic E-state index is 0.302. The van der Waals surface area contributed by atoms with Crippen LogP contribution in [0.4, 0.5) is 22.4 Å². The Morgan fingerprint density at radius 2 is 1.70 bits per heavy atom. The van der Waals surface area contributed by atoms with Crippen molar-refractivity contribution in [3.05, 3.63) is 23.5 Å². The smallest absolute Gasteiger partial charge is 0.422 e. The van der Waals surface area contributed by atoms with Crippen molar-refractivity contribution in [1.29, 1.82) is 0 Å². The van der Waals surface area contributed by atoms with Crippen LogP contribution in [0, 0.1) is 5.82 Å². The quantitative estimate of drug-likeness (QED) is 0.494. The van der Waals surface area contributed by atoms with Gasteiger partial charge in [0.2, 0.25) is 0 Å². The summed E-state index contributed by atoms with van der Waals surface area (Å²) >= 11 is 0. The number of likely N-dealkylation sites (tertiary alicyclic amines) is 1. The maximum Gasteiger partial charge on any atom is 0.422 e. The molecule has 0 spiro atoms. The monoisotopic (exact) mass is 435 g/mol. The first-order chi connectivity index (χ1) is 13.7. The second-order valence-electron chi connectivity index (χ2n) is 8.02. The number of hydrogen-bond acceptors (Lipinski definition) is 5. The molecule has 0 bridgehead atoms. The molecule has 1 amide bonds. The lowest BCUT2D eigenvalue weighted by Gasteiger charge is -2.33. The third kappa shape index (κ3) is 7.07. The van der Waals surface area contributed by atoms with Crippen LogP contribution in [-0.4, -0.2) is 54.4 Å². The average molecular weight is 435 g/mol. The molecular weight excluding hydrogens is 410 g/mol. The van der Waals surface area contributed by atoms with Gasteiger partial charge in [0.25, 0.3) is 0 Å². The van der Waals surface area contributed by atoms with Gasteiger partial charge >= 0.3 is 12.3 Å². The number of ether oxygens (including phenoxy) is 3. The molecule has 0 N–H and O–H groups in total. The number of benzene rings is 1. The highest BCUT2D eigenvalue weighted by atomic mass is 19.4. The summed E-state index contributed by atoms with van der Waals surface area (Å²) in [5.41, 5.74) is -0.928. The highest BCUT2D eigenvalue weighted by Gasteiger charge is 2.31. The topological polar surface area (TPSA) is 65.1 Å². The zero-order valence-corrected chi connectivity index (χ0v) is 17.3. The maximum absolute atomic E-state index is 14.4. The predicted octanol–water partition coefficient (Wildman–Crippen LogP) is 4.75. The summed E-state index contributed by atoms with van der Waals surface area (Å²) in [6, 6.07) is 1.76. The van der Waals surface area contributed by atoms with Crippen molar-refractivity contribution in [1.82, 2.24) is 4.90 Å². The molecule has 30 heavy (non-hydrogen) atoms. The molecule has 1 aromatic rings. The number of carbonyl (C=O) groups is 2. The molecule has 0 atom stereocenters. The SMILES string of the molecule is CC(=O)c1cc(F)c(OC2CCN(C(=O)OC(C)(C)C)CC2)cc1OCC(F)(F)F. The van der Waals surface area contributed by atoms with E-state index >= 15 is 0 Å². The molecule has 0 aliphatic carbocycles. The molecule has 10 heteroatoms. The molecule has 1 aliphatic heterocycles. The summed E-state index contributed by atoms with van der Waals surface area (Å²) in [5, 5.41) is 0. The molecule has 1 aliphatic rings. The van der Waals surface area contributed by atoms with E-state index in [1.165, 1.54) is 4.90 Å². The highest BCUT2D eigenvalue weighted by molar-refractivity contribution is 5.97. The van der Waals surface area contributed by atoms with E-state index < -0.39 is 47.9 Å². The van der Waals surface area contributed by atoms with Crippen LogP contribution in [0.5, 0.6) is 11.5 Å². The van der Waals surface area contributed by atoms with E-state index in [4.69, 9.17) is 9.47 Å². The fraction of sp³-hybridized carbons (Fsp3) is 0.600. The van der Waals surface area contributed by atoms with E-state index in [0.29, 0.717) is 25.9 Å². The molecule has 0 aromatic heterocycles. The van der Waals surface area contributed by atoms with Crippen molar-refractivity contribution in [2.24, 2.45) is 0 Å². The van der Waals surface area contributed by atoms with Gasteiger partial charge in [0.1, 0.15) is 17.5 Å². The van der Waals surface area contributed by atoms with E-state index in [-0.39, 0.29) is 11.3 Å². The molecule has 0 saturated carbocycles. The fourth-order valence-electron chi connectivity index (χ4n) is 2.84.